The minimum atomic E-state index is -0.541. The van der Waals surface area contributed by atoms with Gasteiger partial charge < -0.3 is 20.7 Å². The predicted molar refractivity (Wildman–Crippen MR) is 119 cm³/mol. The van der Waals surface area contributed by atoms with Crippen LogP contribution in [0, 0.1) is 5.92 Å². The van der Waals surface area contributed by atoms with Crippen LogP contribution in [0.5, 0.6) is 0 Å². The molecule has 1 aromatic carbocycles. The van der Waals surface area contributed by atoms with Crippen molar-refractivity contribution < 1.29 is 19.1 Å². The van der Waals surface area contributed by atoms with E-state index in [-0.39, 0.29) is 23.6 Å². The highest BCUT2D eigenvalue weighted by atomic mass is 16.5. The number of benzene rings is 1. The van der Waals surface area contributed by atoms with Crippen LogP contribution in [0.3, 0.4) is 0 Å². The first kappa shape index (κ1) is 21.8. The summed E-state index contributed by atoms with van der Waals surface area (Å²) in [5.41, 5.74) is 1.85. The molecule has 7 nitrogen and oxygen atoms in total. The number of amides is 3. The minimum Gasteiger partial charge on any atom is -0.381 e. The second-order valence-electron chi connectivity index (χ2n) is 9.18. The number of anilines is 2. The van der Waals surface area contributed by atoms with E-state index in [0.29, 0.717) is 31.7 Å². The summed E-state index contributed by atoms with van der Waals surface area (Å²) >= 11 is 0. The van der Waals surface area contributed by atoms with Gasteiger partial charge in [0.05, 0.1) is 5.41 Å². The second-order valence-corrected chi connectivity index (χ2v) is 9.18. The van der Waals surface area contributed by atoms with Crippen LogP contribution >= 0.6 is 0 Å². The van der Waals surface area contributed by atoms with Crippen molar-refractivity contribution in [3.05, 3.63) is 23.8 Å². The summed E-state index contributed by atoms with van der Waals surface area (Å²) in [5, 5.41) is 8.87. The van der Waals surface area contributed by atoms with Crippen LogP contribution < -0.4 is 16.0 Å². The van der Waals surface area contributed by atoms with Crippen molar-refractivity contribution >= 4 is 29.1 Å². The molecule has 2 aliphatic heterocycles. The molecule has 0 radical (unpaired) electrons. The fourth-order valence-electron chi connectivity index (χ4n) is 5.38. The molecule has 1 saturated heterocycles. The monoisotopic (exact) mass is 427 g/mol. The van der Waals surface area contributed by atoms with E-state index in [1.54, 1.807) is 0 Å². The Morgan fingerprint density at radius 2 is 1.77 bits per heavy atom. The lowest BCUT2D eigenvalue weighted by molar-refractivity contribution is -0.126. The molecule has 1 unspecified atom stereocenters. The van der Waals surface area contributed by atoms with Gasteiger partial charge in [-0.15, -0.1) is 0 Å². The number of rotatable bonds is 4. The van der Waals surface area contributed by atoms with E-state index in [2.05, 4.69) is 16.0 Å². The van der Waals surface area contributed by atoms with Gasteiger partial charge in [-0.05, 0) is 49.3 Å². The first-order chi connectivity index (χ1) is 15.0. The third kappa shape index (κ3) is 4.61. The number of fused-ring (bicyclic) bond motifs is 2. The molecule has 3 amide bonds. The Balaban J connectivity index is 1.51. The van der Waals surface area contributed by atoms with Crippen molar-refractivity contribution in [3.8, 4) is 0 Å². The lowest BCUT2D eigenvalue weighted by Crippen LogP contribution is -2.48. The molecular weight excluding hydrogens is 394 g/mol. The fraction of sp³-hybridized carbons (Fsp3) is 0.625. The predicted octanol–water partition coefficient (Wildman–Crippen LogP) is 3.49. The molecule has 31 heavy (non-hydrogen) atoms. The maximum absolute atomic E-state index is 13.2. The quantitative estimate of drug-likeness (QED) is 0.685. The van der Waals surface area contributed by atoms with Gasteiger partial charge in [0.15, 0.2) is 0 Å². The number of hydrogen-bond donors (Lipinski definition) is 3. The van der Waals surface area contributed by atoms with Crippen LogP contribution in [0.1, 0.15) is 70.3 Å². The normalized spacial score (nSPS) is 22.0. The van der Waals surface area contributed by atoms with E-state index in [1.165, 1.54) is 26.2 Å². The molecule has 1 atom stereocenters. The largest absolute Gasteiger partial charge is 0.381 e. The average molecular weight is 428 g/mol. The molecule has 7 heteroatoms. The molecule has 1 aromatic rings. The van der Waals surface area contributed by atoms with Gasteiger partial charge in [0.25, 0.3) is 0 Å². The summed E-state index contributed by atoms with van der Waals surface area (Å²) < 4.78 is 5.46. The van der Waals surface area contributed by atoms with Gasteiger partial charge in [-0.3, -0.25) is 14.4 Å². The third-order valence-corrected chi connectivity index (χ3v) is 7.09. The van der Waals surface area contributed by atoms with Crippen molar-refractivity contribution in [1.29, 1.82) is 0 Å². The zero-order valence-electron chi connectivity index (χ0n) is 18.3. The van der Waals surface area contributed by atoms with Gasteiger partial charge in [-0.2, -0.15) is 0 Å². The van der Waals surface area contributed by atoms with E-state index in [0.717, 1.165) is 36.9 Å². The number of nitrogens with one attached hydrogen (secondary N) is 3. The van der Waals surface area contributed by atoms with Gasteiger partial charge in [0.1, 0.15) is 6.04 Å². The molecule has 2 fully saturated rings. The standard InChI is InChI=1S/C24H33N3O4/c1-16(28)25-21(17-7-5-3-2-4-6-8-17)22(29)26-18-9-10-19-20(15-18)27-23(30)24(19)11-13-31-14-12-24/h9-10,15,17,21H,2-8,11-14H2,1H3,(H,25,28)(H,26,29)(H,27,30). The summed E-state index contributed by atoms with van der Waals surface area (Å²) in [6.45, 7) is 2.61. The van der Waals surface area contributed by atoms with Crippen LogP contribution in [0.15, 0.2) is 18.2 Å². The van der Waals surface area contributed by atoms with Gasteiger partial charge in [-0.1, -0.05) is 38.2 Å². The van der Waals surface area contributed by atoms with Crippen molar-refractivity contribution in [2.75, 3.05) is 23.8 Å². The molecular formula is C24H33N3O4. The van der Waals surface area contributed by atoms with Crippen molar-refractivity contribution in [2.24, 2.45) is 5.92 Å². The Hall–Kier alpha value is -2.41. The Kier molecular flexibility index (Phi) is 6.60. The Bertz CT molecular complexity index is 839. The van der Waals surface area contributed by atoms with Gasteiger partial charge in [-0.25, -0.2) is 0 Å². The summed E-state index contributed by atoms with van der Waals surface area (Å²) in [6.07, 6.45) is 9.03. The number of carbonyl (C=O) groups is 3. The lowest BCUT2D eigenvalue weighted by atomic mass is 9.75. The van der Waals surface area contributed by atoms with Crippen molar-refractivity contribution in [1.82, 2.24) is 5.32 Å². The molecule has 3 aliphatic rings. The number of hydrogen-bond acceptors (Lipinski definition) is 4. The van der Waals surface area contributed by atoms with Crippen molar-refractivity contribution in [2.45, 2.75) is 76.2 Å². The fourth-order valence-corrected chi connectivity index (χ4v) is 5.38. The highest BCUT2D eigenvalue weighted by Crippen LogP contribution is 2.45. The molecule has 0 aromatic heterocycles. The molecule has 0 bridgehead atoms. The van der Waals surface area contributed by atoms with E-state index < -0.39 is 11.5 Å². The SMILES string of the molecule is CC(=O)NC(C(=O)Nc1ccc2c(c1)NC(=O)C21CCOCC1)C1CCCCCCC1. The molecule has 1 saturated carbocycles. The molecule has 1 spiro atoms. The highest BCUT2D eigenvalue weighted by Gasteiger charge is 2.47. The topological polar surface area (TPSA) is 96.5 Å². The molecule has 2 heterocycles. The molecule has 4 rings (SSSR count). The van der Waals surface area contributed by atoms with Crippen LogP contribution in [-0.4, -0.2) is 37.0 Å². The Morgan fingerprint density at radius 3 is 2.45 bits per heavy atom. The minimum absolute atomic E-state index is 0.0138. The Morgan fingerprint density at radius 1 is 1.10 bits per heavy atom. The summed E-state index contributed by atoms with van der Waals surface area (Å²) in [5.74, 6) is -0.223. The summed E-state index contributed by atoms with van der Waals surface area (Å²) in [6, 6.07) is 5.09. The smallest absolute Gasteiger partial charge is 0.247 e. The first-order valence-electron chi connectivity index (χ1n) is 11.6. The first-order valence-corrected chi connectivity index (χ1v) is 11.6. The van der Waals surface area contributed by atoms with E-state index >= 15 is 0 Å². The molecule has 3 N–H and O–H groups in total. The van der Waals surface area contributed by atoms with Crippen LogP contribution in [0.4, 0.5) is 11.4 Å². The maximum Gasteiger partial charge on any atom is 0.247 e. The zero-order valence-corrected chi connectivity index (χ0v) is 18.3. The van der Waals surface area contributed by atoms with E-state index in [9.17, 15) is 14.4 Å². The lowest BCUT2D eigenvalue weighted by Gasteiger charge is -2.31. The van der Waals surface area contributed by atoms with Crippen molar-refractivity contribution in [3.63, 3.8) is 0 Å². The maximum atomic E-state index is 13.2. The Labute approximate surface area is 183 Å². The van der Waals surface area contributed by atoms with Gasteiger partial charge in [0.2, 0.25) is 17.7 Å². The molecule has 1 aliphatic carbocycles. The average Bonchev–Trinajstić information content (AvgIpc) is 2.97. The van der Waals surface area contributed by atoms with Crippen LogP contribution in [0.2, 0.25) is 0 Å². The number of ether oxygens (including phenoxy) is 1. The summed E-state index contributed by atoms with van der Waals surface area (Å²) in [4.78, 5) is 37.7. The van der Waals surface area contributed by atoms with Gasteiger partial charge in [0, 0.05) is 31.5 Å². The molecule has 168 valence electrons. The number of carbonyl (C=O) groups excluding carboxylic acids is 3. The zero-order chi connectivity index (χ0) is 21.8. The van der Waals surface area contributed by atoms with Gasteiger partial charge >= 0.3 is 0 Å². The van der Waals surface area contributed by atoms with Crippen LogP contribution in [0.25, 0.3) is 0 Å². The van der Waals surface area contributed by atoms with E-state index in [4.69, 9.17) is 4.74 Å². The third-order valence-electron chi connectivity index (χ3n) is 7.09. The second kappa shape index (κ2) is 9.39. The highest BCUT2D eigenvalue weighted by molar-refractivity contribution is 6.07. The summed E-state index contributed by atoms with van der Waals surface area (Å²) in [7, 11) is 0. The van der Waals surface area contributed by atoms with E-state index in [1.807, 2.05) is 18.2 Å². The van der Waals surface area contributed by atoms with Crippen LogP contribution in [-0.2, 0) is 24.5 Å².